The van der Waals surface area contributed by atoms with Crippen LogP contribution in [0.15, 0.2) is 23.1 Å². The molecule has 4 saturated heterocycles. The number of ether oxygens (including phenoxy) is 9. The molecular formula is C58H92N4O16. The van der Waals surface area contributed by atoms with Gasteiger partial charge >= 0.3 is 18.0 Å². The Labute approximate surface area is 461 Å². The van der Waals surface area contributed by atoms with Crippen molar-refractivity contribution in [3.05, 3.63) is 45.2 Å². The van der Waals surface area contributed by atoms with Crippen LogP contribution in [0.3, 0.4) is 0 Å². The molecule has 4 N–H and O–H groups in total. The van der Waals surface area contributed by atoms with Crippen molar-refractivity contribution in [2.24, 2.45) is 23.7 Å². The molecule has 0 spiro atoms. The molecule has 18 atom stereocenters. The van der Waals surface area contributed by atoms with Gasteiger partial charge in [0.2, 0.25) is 5.43 Å². The van der Waals surface area contributed by atoms with Crippen molar-refractivity contribution in [2.75, 3.05) is 48.0 Å². The molecule has 1 aromatic heterocycles. The Morgan fingerprint density at radius 3 is 2.21 bits per heavy atom. The van der Waals surface area contributed by atoms with E-state index in [4.69, 9.17) is 42.6 Å². The number of nitrogens with zero attached hydrogens (tertiary/aromatic N) is 2. The highest BCUT2D eigenvalue weighted by atomic mass is 16.7. The number of aryl methyl sites for hydroxylation is 3. The van der Waals surface area contributed by atoms with E-state index in [9.17, 15) is 34.2 Å². The maximum Gasteiger partial charge on any atom is 0.408 e. The number of pyridine rings is 1. The van der Waals surface area contributed by atoms with E-state index in [2.05, 4.69) is 10.6 Å². The van der Waals surface area contributed by atoms with E-state index in [1.807, 2.05) is 93.4 Å². The van der Waals surface area contributed by atoms with Crippen LogP contribution in [0.25, 0.3) is 10.9 Å². The van der Waals surface area contributed by atoms with Crippen LogP contribution < -0.4 is 16.1 Å². The third kappa shape index (κ3) is 13.3. The second-order valence-corrected chi connectivity index (χ2v) is 23.4. The summed E-state index contributed by atoms with van der Waals surface area (Å²) in [6.45, 7) is 24.5. The first kappa shape index (κ1) is 63.1. The Hall–Kier alpha value is -4.09. The number of amides is 1. The molecule has 0 radical (unpaired) electrons. The minimum Gasteiger partial charge on any atom is -0.477 e. The number of hydrogen-bond acceptors (Lipinski definition) is 17. The lowest BCUT2D eigenvalue weighted by Gasteiger charge is -2.50. The molecule has 0 bridgehead atoms. The van der Waals surface area contributed by atoms with E-state index in [1.165, 1.54) is 6.20 Å². The number of benzene rings is 1. The van der Waals surface area contributed by atoms with E-state index in [0.29, 0.717) is 50.9 Å². The third-order valence-corrected chi connectivity index (χ3v) is 17.6. The van der Waals surface area contributed by atoms with E-state index >= 15 is 0 Å². The fraction of sp³-hybridized carbons (Fsp3) is 0.776. The third-order valence-electron chi connectivity index (χ3n) is 17.6. The minimum atomic E-state index is -1.39. The Morgan fingerprint density at radius 1 is 0.910 bits per heavy atom. The summed E-state index contributed by atoms with van der Waals surface area (Å²) in [5.41, 5.74) is -1.72. The fourth-order valence-corrected chi connectivity index (χ4v) is 12.9. The largest absolute Gasteiger partial charge is 0.477 e. The number of rotatable bonds is 19. The van der Waals surface area contributed by atoms with Crippen molar-refractivity contribution in [3.63, 3.8) is 0 Å². The summed E-state index contributed by atoms with van der Waals surface area (Å²) in [4.78, 5) is 69.5. The number of esters is 1. The number of carboxylic acid groups (broad SMARTS) is 1. The molecule has 4 aliphatic rings. The molecule has 4 aliphatic heterocycles. The molecule has 5 heterocycles. The summed E-state index contributed by atoms with van der Waals surface area (Å²) >= 11 is 0. The number of aromatic carboxylic acids is 1. The van der Waals surface area contributed by atoms with Gasteiger partial charge in [-0.2, -0.15) is 0 Å². The quantitative estimate of drug-likeness (QED) is 0.0908. The number of nitrogens with one attached hydrogen (secondary N) is 2. The van der Waals surface area contributed by atoms with Gasteiger partial charge < -0.3 is 72.9 Å². The number of carbonyl (C=O) groups excluding carboxylic acids is 3. The molecule has 4 fully saturated rings. The average Bonchev–Trinajstić information content (AvgIpc) is 3.79. The second kappa shape index (κ2) is 26.2. The topological polar surface area (TPSA) is 241 Å². The van der Waals surface area contributed by atoms with Gasteiger partial charge in [-0.3, -0.25) is 14.4 Å². The van der Waals surface area contributed by atoms with Gasteiger partial charge in [-0.15, -0.1) is 0 Å². The van der Waals surface area contributed by atoms with Gasteiger partial charge in [0, 0.05) is 69.2 Å². The first-order valence-corrected chi connectivity index (χ1v) is 28.2. The van der Waals surface area contributed by atoms with E-state index in [-0.39, 0.29) is 42.8 Å². The Balaban J connectivity index is 1.19. The predicted octanol–water partition coefficient (Wildman–Crippen LogP) is 6.17. The number of aromatic nitrogens is 1. The molecule has 0 saturated carbocycles. The van der Waals surface area contributed by atoms with Gasteiger partial charge in [-0.25, -0.2) is 9.59 Å². The van der Waals surface area contributed by atoms with Gasteiger partial charge in [0.25, 0.3) is 0 Å². The molecular weight excluding hydrogens is 1010 g/mol. The highest BCUT2D eigenvalue weighted by Crippen LogP contribution is 2.43. The zero-order valence-corrected chi connectivity index (χ0v) is 49.2. The van der Waals surface area contributed by atoms with Crippen molar-refractivity contribution in [1.82, 2.24) is 20.1 Å². The maximum atomic E-state index is 14.8. The number of hydrogen-bond donors (Lipinski definition) is 4. The summed E-state index contributed by atoms with van der Waals surface area (Å²) < 4.78 is 60.5. The van der Waals surface area contributed by atoms with Crippen molar-refractivity contribution in [1.29, 1.82) is 0 Å². The summed E-state index contributed by atoms with van der Waals surface area (Å²) in [5, 5.41) is 28.4. The van der Waals surface area contributed by atoms with Crippen molar-refractivity contribution >= 4 is 34.7 Å². The summed E-state index contributed by atoms with van der Waals surface area (Å²) in [7, 11) is 6.96. The van der Waals surface area contributed by atoms with Crippen LogP contribution in [0.4, 0.5) is 4.79 Å². The number of carboxylic acids is 1. The van der Waals surface area contributed by atoms with Crippen LogP contribution in [0.2, 0.25) is 0 Å². The van der Waals surface area contributed by atoms with Crippen LogP contribution in [-0.4, -0.2) is 176 Å². The zero-order valence-electron chi connectivity index (χ0n) is 49.2. The van der Waals surface area contributed by atoms with Gasteiger partial charge in [-0.1, -0.05) is 33.8 Å². The number of methoxy groups -OCH3 is 2. The number of cyclic esters (lactones) is 1. The number of Topliss-reactive ketones (excluding diaryl/α,β-unsaturated/α-hetero) is 1. The molecule has 1 amide bonds. The van der Waals surface area contributed by atoms with E-state index in [1.54, 1.807) is 39.6 Å². The normalized spacial score (nSPS) is 37.2. The highest BCUT2D eigenvalue weighted by Gasteiger charge is 2.58. The fourth-order valence-electron chi connectivity index (χ4n) is 12.9. The number of ketones is 1. The summed E-state index contributed by atoms with van der Waals surface area (Å²) in [6, 6.07) is 2.79. The lowest BCUT2D eigenvalue weighted by atomic mass is 9.73. The molecule has 440 valence electrons. The minimum absolute atomic E-state index is 0.151. The Kier molecular flexibility index (Phi) is 21.2. The molecule has 1 aromatic carbocycles. The van der Waals surface area contributed by atoms with E-state index in [0.717, 1.165) is 23.1 Å². The molecule has 1 unspecified atom stereocenters. The van der Waals surface area contributed by atoms with Crippen LogP contribution >= 0.6 is 0 Å². The molecule has 20 heteroatoms. The monoisotopic (exact) mass is 1100 g/mol. The lowest BCUT2D eigenvalue weighted by Crippen LogP contribution is -2.61. The van der Waals surface area contributed by atoms with E-state index < -0.39 is 119 Å². The highest BCUT2D eigenvalue weighted by molar-refractivity contribution is 5.94. The number of likely N-dealkylation sites (N-methyl/N-ethyl adjacent to an activating group) is 1. The van der Waals surface area contributed by atoms with Crippen LogP contribution in [0.1, 0.15) is 136 Å². The summed E-state index contributed by atoms with van der Waals surface area (Å²) in [5.74, 6) is -5.12. The van der Waals surface area contributed by atoms with Gasteiger partial charge in [0.15, 0.2) is 18.2 Å². The van der Waals surface area contributed by atoms with Crippen molar-refractivity contribution < 1.29 is 72.0 Å². The molecule has 0 aliphatic carbocycles. The standard InChI is InChI=1S/C58H92N4O16/c1-17-42-58(12)49(60-55(69)78-58)34(6)45(63)31(3)28-56(10,70-15)50(77-54-47(65)41(61(13)14)27-32(4)73-54)35(7)48(36(8)53(68)75-42)76-43-29-57(11,71-16)51(37(9)74-43)72-26-20-25-59-24-19-21-38-22-23-40-44(33(38)5)46(64)39(52(66)67)30-62(40)18-2/h22-23,30-32,34-37,41-43,47-51,54,59,65H,17-21,24-29H2,1-16H3,(H,60,69)(H,66,67)/t31-,32-,34-,35+,36-,37+,41?,42-,43+,47-,48+,49-,50-,51+,54+,56-,57-,58-/m1/s1. The first-order valence-electron chi connectivity index (χ1n) is 28.2. The molecule has 78 heavy (non-hydrogen) atoms. The Bertz CT molecular complexity index is 2470. The number of aliphatic hydroxyl groups excluding tert-OH is 1. The number of aliphatic hydroxyl groups is 1. The molecule has 2 aromatic rings. The first-order chi connectivity index (χ1) is 36.7. The number of carbonyl (C=O) groups is 4. The SMILES string of the molecule is CC[C@H]1OC(=O)[C@H](C)[C@@H](O[C@H]2C[C@@](C)(OC)[C@@H](OCCCNCCCc3ccc4c(c3C)c(=O)c(C(=O)O)cn4CC)[C@H](C)O2)[C@H](C)[C@@H](O[C@@H]2O[C@H](C)CC(N(C)C)[C@H]2O)[C@](C)(OC)C[C@@H](C)C(=O)[C@@H](C)[C@H]2NC(=O)O[C@@]21C. The second-order valence-electron chi connectivity index (χ2n) is 23.4. The lowest BCUT2D eigenvalue weighted by molar-refractivity contribution is -0.322. The smallest absolute Gasteiger partial charge is 0.408 e. The van der Waals surface area contributed by atoms with Gasteiger partial charge in [-0.05, 0) is 138 Å². The van der Waals surface area contributed by atoms with Crippen LogP contribution in [0.5, 0.6) is 0 Å². The Morgan fingerprint density at radius 2 is 1.58 bits per heavy atom. The van der Waals surface area contributed by atoms with Gasteiger partial charge in [0.05, 0.1) is 53.1 Å². The summed E-state index contributed by atoms with van der Waals surface area (Å²) in [6.07, 6.45) is -3.27. The van der Waals surface area contributed by atoms with Crippen molar-refractivity contribution in [3.8, 4) is 0 Å². The molecule has 6 rings (SSSR count). The average molecular weight is 1100 g/mol. The predicted molar refractivity (Wildman–Crippen MR) is 291 cm³/mol. The number of fused-ring (bicyclic) bond motifs is 2. The van der Waals surface area contributed by atoms with Crippen LogP contribution in [-0.2, 0) is 65.2 Å². The molecule has 20 nitrogen and oxygen atoms in total. The van der Waals surface area contributed by atoms with Gasteiger partial charge in [0.1, 0.15) is 29.7 Å². The zero-order chi connectivity index (χ0) is 57.8. The van der Waals surface area contributed by atoms with Crippen molar-refractivity contribution in [2.45, 2.75) is 219 Å². The number of alkyl carbamates (subject to hydrolysis) is 1. The maximum absolute atomic E-state index is 14.8. The van der Waals surface area contributed by atoms with Crippen LogP contribution in [0, 0.1) is 30.6 Å².